The lowest BCUT2D eigenvalue weighted by atomic mass is 10.2. The largest absolute Gasteiger partial charge is 0.397 e. The zero-order chi connectivity index (χ0) is 14.9. The topological polar surface area (TPSA) is 90.0 Å². The molecule has 0 spiro atoms. The van der Waals surface area contributed by atoms with Gasteiger partial charge in [-0.05, 0) is 25.1 Å². The molecule has 0 fully saturated rings. The zero-order valence-corrected chi connectivity index (χ0v) is 12.5. The van der Waals surface area contributed by atoms with Crippen molar-refractivity contribution in [1.29, 1.82) is 0 Å². The second-order valence-corrected chi connectivity index (χ2v) is 6.80. The van der Waals surface area contributed by atoms with Gasteiger partial charge in [0.05, 0.1) is 22.0 Å². The van der Waals surface area contributed by atoms with E-state index in [1.165, 1.54) is 6.07 Å². The van der Waals surface area contributed by atoms with Gasteiger partial charge in [0.1, 0.15) is 0 Å². The van der Waals surface area contributed by atoms with E-state index >= 15 is 0 Å². The molecule has 0 radical (unpaired) electrons. The Morgan fingerprint density at radius 1 is 1.40 bits per heavy atom. The van der Waals surface area contributed by atoms with E-state index in [9.17, 15) is 8.42 Å². The van der Waals surface area contributed by atoms with Gasteiger partial charge in [-0.3, -0.25) is 4.68 Å². The maximum atomic E-state index is 11.4. The minimum Gasteiger partial charge on any atom is -0.397 e. The van der Waals surface area contributed by atoms with E-state index < -0.39 is 9.84 Å². The monoisotopic (exact) mass is 294 g/mol. The van der Waals surface area contributed by atoms with Gasteiger partial charge in [-0.25, -0.2) is 8.42 Å². The van der Waals surface area contributed by atoms with Crippen molar-refractivity contribution in [2.75, 3.05) is 17.3 Å². The predicted octanol–water partition coefficient (Wildman–Crippen LogP) is 1.33. The number of hydrogen-bond donors (Lipinski definition) is 2. The zero-order valence-electron chi connectivity index (χ0n) is 11.7. The molecule has 6 nitrogen and oxygen atoms in total. The second kappa shape index (κ2) is 5.16. The fourth-order valence-corrected chi connectivity index (χ4v) is 2.60. The van der Waals surface area contributed by atoms with Crippen molar-refractivity contribution >= 4 is 21.2 Å². The van der Waals surface area contributed by atoms with Gasteiger partial charge >= 0.3 is 0 Å². The lowest BCUT2D eigenvalue weighted by Crippen LogP contribution is -2.05. The summed E-state index contributed by atoms with van der Waals surface area (Å²) in [6.45, 7) is 2.52. The van der Waals surface area contributed by atoms with Crippen molar-refractivity contribution in [1.82, 2.24) is 9.78 Å². The van der Waals surface area contributed by atoms with Crippen LogP contribution in [-0.4, -0.2) is 24.5 Å². The van der Waals surface area contributed by atoms with Crippen LogP contribution in [0, 0.1) is 6.92 Å². The molecule has 20 heavy (non-hydrogen) atoms. The summed E-state index contributed by atoms with van der Waals surface area (Å²) in [4.78, 5) is 0.220. The number of hydrogen-bond acceptors (Lipinski definition) is 5. The molecule has 2 rings (SSSR count). The molecule has 0 amide bonds. The standard InChI is InChI=1S/C13H18N4O2S/c1-9-10(8-17(2)16-9)7-15-13-5-4-11(6-12(13)14)20(3,18)19/h4-6,8,15H,7,14H2,1-3H3. The minimum atomic E-state index is -3.23. The van der Waals surface area contributed by atoms with Crippen LogP contribution in [-0.2, 0) is 23.4 Å². The van der Waals surface area contributed by atoms with Gasteiger partial charge in [-0.2, -0.15) is 5.10 Å². The van der Waals surface area contributed by atoms with E-state index in [0.717, 1.165) is 17.5 Å². The van der Waals surface area contributed by atoms with Gasteiger partial charge < -0.3 is 11.1 Å². The summed E-state index contributed by atoms with van der Waals surface area (Å²) in [5, 5.41) is 7.45. The van der Waals surface area contributed by atoms with Gasteiger partial charge in [-0.15, -0.1) is 0 Å². The van der Waals surface area contributed by atoms with E-state index in [4.69, 9.17) is 5.73 Å². The SMILES string of the molecule is Cc1nn(C)cc1CNc1ccc(S(C)(=O)=O)cc1N. The highest BCUT2D eigenvalue weighted by molar-refractivity contribution is 7.90. The van der Waals surface area contributed by atoms with Crippen LogP contribution in [0.2, 0.25) is 0 Å². The Bertz CT molecular complexity index is 735. The van der Waals surface area contributed by atoms with Crippen molar-refractivity contribution in [3.8, 4) is 0 Å². The third kappa shape index (κ3) is 3.11. The van der Waals surface area contributed by atoms with Crippen molar-refractivity contribution in [2.24, 2.45) is 7.05 Å². The number of nitrogen functional groups attached to an aromatic ring is 1. The molecule has 0 aliphatic rings. The van der Waals surface area contributed by atoms with Gasteiger partial charge in [0.2, 0.25) is 0 Å². The Labute approximate surface area is 118 Å². The molecule has 1 aromatic carbocycles. The van der Waals surface area contributed by atoms with E-state index in [1.54, 1.807) is 16.8 Å². The predicted molar refractivity (Wildman–Crippen MR) is 79.2 cm³/mol. The molecule has 3 N–H and O–H groups in total. The first-order valence-corrected chi connectivity index (χ1v) is 7.99. The normalized spacial score (nSPS) is 11.6. The number of aryl methyl sites for hydroxylation is 2. The second-order valence-electron chi connectivity index (χ2n) is 4.79. The number of benzene rings is 1. The molecule has 0 saturated heterocycles. The van der Waals surface area contributed by atoms with Crippen LogP contribution in [0.15, 0.2) is 29.3 Å². The van der Waals surface area contributed by atoms with Crippen LogP contribution >= 0.6 is 0 Å². The maximum absolute atomic E-state index is 11.4. The number of rotatable bonds is 4. The third-order valence-corrected chi connectivity index (χ3v) is 4.15. The molecule has 0 aliphatic heterocycles. The fraction of sp³-hybridized carbons (Fsp3) is 0.308. The highest BCUT2D eigenvalue weighted by Crippen LogP contribution is 2.23. The van der Waals surface area contributed by atoms with Crippen LogP contribution < -0.4 is 11.1 Å². The van der Waals surface area contributed by atoms with E-state index in [-0.39, 0.29) is 4.90 Å². The average Bonchev–Trinajstić information content (AvgIpc) is 2.65. The first-order chi connectivity index (χ1) is 9.27. The van der Waals surface area contributed by atoms with Gasteiger partial charge in [0.15, 0.2) is 9.84 Å². The summed E-state index contributed by atoms with van der Waals surface area (Å²) in [5.74, 6) is 0. The Balaban J connectivity index is 2.17. The van der Waals surface area contributed by atoms with Crippen LogP contribution in [0.3, 0.4) is 0 Å². The number of nitrogens with zero attached hydrogens (tertiary/aromatic N) is 2. The molecule has 0 atom stereocenters. The maximum Gasteiger partial charge on any atom is 0.175 e. The number of aromatic nitrogens is 2. The van der Waals surface area contributed by atoms with Crippen LogP contribution in [0.4, 0.5) is 11.4 Å². The minimum absolute atomic E-state index is 0.220. The number of nitrogens with one attached hydrogen (secondary N) is 1. The summed E-state index contributed by atoms with van der Waals surface area (Å²) in [6, 6.07) is 4.69. The summed E-state index contributed by atoms with van der Waals surface area (Å²) in [5.41, 5.74) is 9.02. The van der Waals surface area contributed by atoms with E-state index in [2.05, 4.69) is 10.4 Å². The molecule has 0 saturated carbocycles. The number of anilines is 2. The molecule has 7 heteroatoms. The van der Waals surface area contributed by atoms with Crippen molar-refractivity contribution < 1.29 is 8.42 Å². The van der Waals surface area contributed by atoms with E-state index in [0.29, 0.717) is 17.9 Å². The molecular weight excluding hydrogens is 276 g/mol. The highest BCUT2D eigenvalue weighted by Gasteiger charge is 2.10. The molecule has 1 heterocycles. The summed E-state index contributed by atoms with van der Waals surface area (Å²) < 4.78 is 24.6. The Hall–Kier alpha value is -2.02. The molecule has 108 valence electrons. The van der Waals surface area contributed by atoms with Gasteiger partial charge in [0, 0.05) is 31.6 Å². The van der Waals surface area contributed by atoms with Gasteiger partial charge in [0.25, 0.3) is 0 Å². The smallest absolute Gasteiger partial charge is 0.175 e. The fourth-order valence-electron chi connectivity index (χ4n) is 1.95. The molecule has 2 aromatic rings. The summed E-state index contributed by atoms with van der Waals surface area (Å²) in [6.07, 6.45) is 3.09. The molecule has 0 unspecified atom stereocenters. The molecule has 1 aromatic heterocycles. The first-order valence-electron chi connectivity index (χ1n) is 6.10. The third-order valence-electron chi connectivity index (χ3n) is 3.04. The quantitative estimate of drug-likeness (QED) is 0.830. The number of nitrogens with two attached hydrogens (primary N) is 1. The lowest BCUT2D eigenvalue weighted by molar-refractivity contribution is 0.602. The Morgan fingerprint density at radius 3 is 2.60 bits per heavy atom. The highest BCUT2D eigenvalue weighted by atomic mass is 32.2. The van der Waals surface area contributed by atoms with Crippen molar-refractivity contribution in [3.05, 3.63) is 35.7 Å². The average molecular weight is 294 g/mol. The van der Waals surface area contributed by atoms with Gasteiger partial charge in [-0.1, -0.05) is 0 Å². The van der Waals surface area contributed by atoms with Crippen LogP contribution in [0.25, 0.3) is 0 Å². The van der Waals surface area contributed by atoms with E-state index in [1.807, 2.05) is 20.2 Å². The van der Waals surface area contributed by atoms with Crippen LogP contribution in [0.5, 0.6) is 0 Å². The van der Waals surface area contributed by atoms with Crippen molar-refractivity contribution in [3.63, 3.8) is 0 Å². The van der Waals surface area contributed by atoms with Crippen molar-refractivity contribution in [2.45, 2.75) is 18.4 Å². The molecule has 0 aliphatic carbocycles. The first kappa shape index (κ1) is 14.4. The Morgan fingerprint density at radius 2 is 2.10 bits per heavy atom. The number of sulfone groups is 1. The summed E-state index contributed by atoms with van der Waals surface area (Å²) in [7, 11) is -1.37. The molecule has 0 bridgehead atoms. The lowest BCUT2D eigenvalue weighted by Gasteiger charge is -2.10. The Kier molecular flexibility index (Phi) is 3.71. The van der Waals surface area contributed by atoms with Crippen LogP contribution in [0.1, 0.15) is 11.3 Å². The molecular formula is C13H18N4O2S. The summed E-state index contributed by atoms with van der Waals surface area (Å²) >= 11 is 0.